The van der Waals surface area contributed by atoms with Gasteiger partial charge in [-0.3, -0.25) is 9.59 Å². The summed E-state index contributed by atoms with van der Waals surface area (Å²) >= 11 is 0.610. The topological polar surface area (TPSA) is 49.4 Å². The molecule has 0 atom stereocenters. The number of nitrogens with zero attached hydrogens (tertiary/aromatic N) is 1. The van der Waals surface area contributed by atoms with Crippen LogP contribution in [0.3, 0.4) is 0 Å². The highest BCUT2D eigenvalue weighted by Crippen LogP contribution is 2.32. The number of nitrogens with one attached hydrogen (secondary N) is 1. The van der Waals surface area contributed by atoms with Gasteiger partial charge in [0.15, 0.2) is 0 Å². The number of benzene rings is 1. The summed E-state index contributed by atoms with van der Waals surface area (Å²) in [5.74, 6) is -1.77. The van der Waals surface area contributed by atoms with Crippen LogP contribution in [-0.2, 0) is 9.59 Å². The van der Waals surface area contributed by atoms with E-state index in [9.17, 15) is 22.8 Å². The minimum atomic E-state index is -4.29. The molecule has 0 bridgehead atoms. The predicted molar refractivity (Wildman–Crippen MR) is 79.9 cm³/mol. The Labute approximate surface area is 131 Å². The number of carbonyl (C=O) groups is 2. The fraction of sp³-hybridized carbons (Fsp3) is 0.429. The van der Waals surface area contributed by atoms with Crippen molar-refractivity contribution in [2.75, 3.05) is 24.7 Å². The number of alkyl halides is 3. The highest BCUT2D eigenvalue weighted by molar-refractivity contribution is 7.99. The van der Waals surface area contributed by atoms with Crippen LogP contribution in [0.25, 0.3) is 0 Å². The Balaban J connectivity index is 2.82. The number of hydrogen-bond acceptors (Lipinski definition) is 3. The quantitative estimate of drug-likeness (QED) is 0.842. The van der Waals surface area contributed by atoms with Gasteiger partial charge < -0.3 is 10.2 Å². The largest absolute Gasteiger partial charge is 0.398 e. The first-order valence-electron chi connectivity index (χ1n) is 6.40. The summed E-state index contributed by atoms with van der Waals surface area (Å²) in [6.07, 6.45) is -4.29. The van der Waals surface area contributed by atoms with Crippen molar-refractivity contribution >= 4 is 29.3 Å². The Bertz CT molecular complexity index is 562. The lowest BCUT2D eigenvalue weighted by Crippen LogP contribution is -2.33. The van der Waals surface area contributed by atoms with Gasteiger partial charge in [-0.25, -0.2) is 0 Å². The molecular weight excluding hydrogens is 317 g/mol. The van der Waals surface area contributed by atoms with Crippen molar-refractivity contribution in [3.63, 3.8) is 0 Å². The van der Waals surface area contributed by atoms with Crippen molar-refractivity contribution in [3.8, 4) is 0 Å². The molecule has 1 rings (SSSR count). The van der Waals surface area contributed by atoms with E-state index in [1.807, 2.05) is 0 Å². The third-order valence-corrected chi connectivity index (χ3v) is 3.86. The fourth-order valence-electron chi connectivity index (χ4n) is 1.54. The lowest BCUT2D eigenvalue weighted by atomic mass is 10.2. The second kappa shape index (κ2) is 7.53. The average molecular weight is 334 g/mol. The lowest BCUT2D eigenvalue weighted by Gasteiger charge is -2.16. The fourth-order valence-corrected chi connectivity index (χ4v) is 2.29. The molecule has 0 heterocycles. The summed E-state index contributed by atoms with van der Waals surface area (Å²) in [6.45, 7) is 2.94. The minimum Gasteiger partial charge on any atom is -0.337 e. The number of halogens is 3. The molecule has 1 aromatic carbocycles. The van der Waals surface area contributed by atoms with Crippen molar-refractivity contribution in [2.24, 2.45) is 0 Å². The van der Waals surface area contributed by atoms with Crippen molar-refractivity contribution in [1.82, 2.24) is 4.90 Å². The van der Waals surface area contributed by atoms with Crippen LogP contribution < -0.4 is 5.32 Å². The van der Waals surface area contributed by atoms with E-state index in [0.29, 0.717) is 22.3 Å². The van der Waals surface area contributed by atoms with E-state index in [-0.39, 0.29) is 12.5 Å². The second-order valence-electron chi connectivity index (χ2n) is 4.83. The third kappa shape index (κ3) is 6.38. The van der Waals surface area contributed by atoms with Gasteiger partial charge in [0.2, 0.25) is 11.8 Å². The third-order valence-electron chi connectivity index (χ3n) is 2.72. The second-order valence-corrected chi connectivity index (χ2v) is 5.84. The number of hydrogen-bond donors (Lipinski definition) is 1. The zero-order valence-electron chi connectivity index (χ0n) is 12.5. The SMILES string of the molecule is CC(=O)N(C)CC(=O)Nc1cc(C)ccc1SCC(F)(F)F. The normalized spacial score (nSPS) is 11.2. The standard InChI is InChI=1S/C14H17F3N2O2S/c1-9-4-5-12(22-8-14(15,16)17)11(6-9)18-13(21)7-19(3)10(2)20/h4-6H,7-8H2,1-3H3,(H,18,21). The number of rotatable bonds is 5. The zero-order chi connectivity index (χ0) is 16.9. The molecule has 22 heavy (non-hydrogen) atoms. The van der Waals surface area contributed by atoms with Gasteiger partial charge in [0, 0.05) is 18.9 Å². The first kappa shape index (κ1) is 18.3. The van der Waals surface area contributed by atoms with Crippen LogP contribution in [0.4, 0.5) is 18.9 Å². The summed E-state index contributed by atoms with van der Waals surface area (Å²) in [5.41, 5.74) is 1.13. The molecule has 1 N–H and O–H groups in total. The van der Waals surface area contributed by atoms with Gasteiger partial charge >= 0.3 is 6.18 Å². The van der Waals surface area contributed by atoms with E-state index in [2.05, 4.69) is 5.32 Å². The number of amides is 2. The minimum absolute atomic E-state index is 0.160. The molecule has 1 aromatic rings. The van der Waals surface area contributed by atoms with Crippen molar-refractivity contribution in [3.05, 3.63) is 23.8 Å². The van der Waals surface area contributed by atoms with Gasteiger partial charge in [-0.1, -0.05) is 6.07 Å². The molecule has 8 heteroatoms. The van der Waals surface area contributed by atoms with Crippen LogP contribution in [0.2, 0.25) is 0 Å². The number of thioether (sulfide) groups is 1. The first-order valence-corrected chi connectivity index (χ1v) is 7.39. The molecule has 0 saturated heterocycles. The highest BCUT2D eigenvalue weighted by Gasteiger charge is 2.27. The van der Waals surface area contributed by atoms with E-state index < -0.39 is 17.8 Å². The van der Waals surface area contributed by atoms with Gasteiger partial charge in [-0.15, -0.1) is 11.8 Å². The maximum atomic E-state index is 12.3. The van der Waals surface area contributed by atoms with Gasteiger partial charge in [0.05, 0.1) is 18.0 Å². The van der Waals surface area contributed by atoms with Crippen LogP contribution >= 0.6 is 11.8 Å². The summed E-state index contributed by atoms with van der Waals surface area (Å²) in [7, 11) is 1.47. The van der Waals surface area contributed by atoms with Gasteiger partial charge in [0.1, 0.15) is 0 Å². The molecule has 0 aromatic heterocycles. The van der Waals surface area contributed by atoms with Crippen molar-refractivity contribution < 1.29 is 22.8 Å². The molecule has 0 saturated carbocycles. The van der Waals surface area contributed by atoms with Crippen LogP contribution in [0.15, 0.2) is 23.1 Å². The van der Waals surface area contributed by atoms with E-state index in [1.165, 1.54) is 24.9 Å². The smallest absolute Gasteiger partial charge is 0.337 e. The van der Waals surface area contributed by atoms with Crippen molar-refractivity contribution in [1.29, 1.82) is 0 Å². The predicted octanol–water partition coefficient (Wildman–Crippen LogP) is 3.07. The van der Waals surface area contributed by atoms with E-state index in [4.69, 9.17) is 0 Å². The van der Waals surface area contributed by atoms with Gasteiger partial charge in [-0.05, 0) is 24.6 Å². The lowest BCUT2D eigenvalue weighted by molar-refractivity contribution is -0.131. The van der Waals surface area contributed by atoms with Crippen LogP contribution in [0.5, 0.6) is 0 Å². The molecule has 2 amide bonds. The Morgan fingerprint density at radius 3 is 2.50 bits per heavy atom. The maximum Gasteiger partial charge on any atom is 0.398 e. The van der Waals surface area contributed by atoms with E-state index in [0.717, 1.165) is 5.56 Å². The zero-order valence-corrected chi connectivity index (χ0v) is 13.3. The molecule has 0 fully saturated rings. The van der Waals surface area contributed by atoms with Gasteiger partial charge in [-0.2, -0.15) is 13.2 Å². The Kier molecular flexibility index (Phi) is 6.28. The number of aryl methyl sites for hydroxylation is 1. The summed E-state index contributed by atoms with van der Waals surface area (Å²) in [6, 6.07) is 4.82. The van der Waals surface area contributed by atoms with Gasteiger partial charge in [0.25, 0.3) is 0 Å². The molecule has 4 nitrogen and oxygen atoms in total. The molecule has 0 aliphatic rings. The summed E-state index contributed by atoms with van der Waals surface area (Å²) in [5, 5.41) is 2.55. The molecule has 0 radical (unpaired) electrons. The van der Waals surface area contributed by atoms with Crippen LogP contribution in [0, 0.1) is 6.92 Å². The Morgan fingerprint density at radius 2 is 1.95 bits per heavy atom. The molecule has 0 unspecified atom stereocenters. The molecule has 0 spiro atoms. The van der Waals surface area contributed by atoms with Crippen molar-refractivity contribution in [2.45, 2.75) is 24.9 Å². The molecule has 0 aliphatic carbocycles. The average Bonchev–Trinajstić information content (AvgIpc) is 2.36. The number of anilines is 1. The number of likely N-dealkylation sites (N-methyl/N-ethyl adjacent to an activating group) is 1. The summed E-state index contributed by atoms with van der Waals surface area (Å²) in [4.78, 5) is 24.5. The number of carbonyl (C=O) groups excluding carboxylic acids is 2. The van der Waals surface area contributed by atoms with E-state index >= 15 is 0 Å². The molecular formula is C14H17F3N2O2S. The van der Waals surface area contributed by atoms with Crippen LogP contribution in [0.1, 0.15) is 12.5 Å². The highest BCUT2D eigenvalue weighted by atomic mass is 32.2. The Hall–Kier alpha value is -1.70. The molecule has 122 valence electrons. The maximum absolute atomic E-state index is 12.3. The Morgan fingerprint density at radius 1 is 1.32 bits per heavy atom. The monoisotopic (exact) mass is 334 g/mol. The van der Waals surface area contributed by atoms with E-state index in [1.54, 1.807) is 19.1 Å². The first-order chi connectivity index (χ1) is 10.1. The van der Waals surface area contributed by atoms with Crippen LogP contribution in [-0.4, -0.2) is 42.2 Å². The molecule has 0 aliphatic heterocycles. The summed E-state index contributed by atoms with van der Waals surface area (Å²) < 4.78 is 37.0.